The van der Waals surface area contributed by atoms with Crippen LogP contribution >= 0.6 is 38.5 Å². The summed E-state index contributed by atoms with van der Waals surface area (Å²) < 4.78 is 3.55. The van der Waals surface area contributed by atoms with Crippen LogP contribution in [0.5, 0.6) is 0 Å². The van der Waals surface area contributed by atoms with Crippen LogP contribution in [0.1, 0.15) is 5.56 Å². The summed E-state index contributed by atoms with van der Waals surface area (Å²) in [5.41, 5.74) is 1.46. The van der Waals surface area contributed by atoms with E-state index in [0.29, 0.717) is 5.56 Å². The van der Waals surface area contributed by atoms with Crippen molar-refractivity contribution >= 4 is 44.2 Å². The van der Waals surface area contributed by atoms with Crippen molar-refractivity contribution in [2.24, 2.45) is 0 Å². The number of imidazole rings is 1. The minimum absolute atomic E-state index is 0.638. The van der Waals surface area contributed by atoms with E-state index in [1.54, 1.807) is 6.20 Å². The summed E-state index contributed by atoms with van der Waals surface area (Å²) in [5.74, 6) is 0. The molecule has 0 saturated carbocycles. The molecule has 0 bridgehead atoms. The Hall–Kier alpha value is -0.610. The molecule has 5 heteroatoms. The summed E-state index contributed by atoms with van der Waals surface area (Å²) in [6.07, 6.45) is 5.40. The largest absolute Gasteiger partial charge is 0.305 e. The van der Waals surface area contributed by atoms with Crippen molar-refractivity contribution in [3.05, 3.63) is 32.2 Å². The molecule has 64 valence electrons. The Morgan fingerprint density at radius 1 is 1.62 bits per heavy atom. The highest BCUT2D eigenvalue weighted by atomic mass is 127. The fraction of sp³-hybridized carbons (Fsp3) is 0. The Morgan fingerprint density at radius 3 is 3.08 bits per heavy atom. The average Bonchev–Trinajstić information content (AvgIpc) is 2.53. The SMILES string of the molecule is N#Cc1c(Br)cn2ccnc2c1I. The van der Waals surface area contributed by atoms with E-state index in [1.807, 2.05) is 16.8 Å². The summed E-state index contributed by atoms with van der Waals surface area (Å²) >= 11 is 5.46. The summed E-state index contributed by atoms with van der Waals surface area (Å²) in [7, 11) is 0. The summed E-state index contributed by atoms with van der Waals surface area (Å²) in [5, 5.41) is 8.87. The van der Waals surface area contributed by atoms with Gasteiger partial charge in [0.15, 0.2) is 5.65 Å². The predicted molar refractivity (Wildman–Crippen MR) is 60.3 cm³/mol. The van der Waals surface area contributed by atoms with Crippen molar-refractivity contribution in [3.8, 4) is 6.07 Å². The van der Waals surface area contributed by atoms with Gasteiger partial charge in [0.1, 0.15) is 6.07 Å². The summed E-state index contributed by atoms with van der Waals surface area (Å²) in [4.78, 5) is 4.15. The number of hydrogen-bond acceptors (Lipinski definition) is 2. The van der Waals surface area contributed by atoms with Crippen molar-refractivity contribution in [3.63, 3.8) is 0 Å². The second-order valence-electron chi connectivity index (χ2n) is 2.44. The lowest BCUT2D eigenvalue weighted by Gasteiger charge is -2.01. The van der Waals surface area contributed by atoms with Gasteiger partial charge in [-0.2, -0.15) is 5.26 Å². The molecule has 3 nitrogen and oxygen atoms in total. The standard InChI is InChI=1S/C8H3BrIN3/c9-6-4-13-2-1-12-8(13)7(10)5(6)3-11/h1-2,4H. The zero-order valence-corrected chi connectivity index (χ0v) is 10.1. The van der Waals surface area contributed by atoms with Gasteiger partial charge in [-0.05, 0) is 38.5 Å². The fourth-order valence-electron chi connectivity index (χ4n) is 1.09. The molecule has 0 aliphatic rings. The monoisotopic (exact) mass is 347 g/mol. The number of halogens is 2. The van der Waals surface area contributed by atoms with Gasteiger partial charge in [-0.15, -0.1) is 0 Å². The van der Waals surface area contributed by atoms with Gasteiger partial charge in [-0.1, -0.05) is 0 Å². The van der Waals surface area contributed by atoms with Gasteiger partial charge in [0.25, 0.3) is 0 Å². The van der Waals surface area contributed by atoms with E-state index in [-0.39, 0.29) is 0 Å². The number of aromatic nitrogens is 2. The first kappa shape index (κ1) is 8.97. The molecule has 0 fully saturated rings. The van der Waals surface area contributed by atoms with E-state index in [4.69, 9.17) is 5.26 Å². The van der Waals surface area contributed by atoms with E-state index in [1.165, 1.54) is 0 Å². The third-order valence-electron chi connectivity index (χ3n) is 1.69. The van der Waals surface area contributed by atoms with E-state index in [0.717, 1.165) is 13.7 Å². The molecule has 0 saturated heterocycles. The topological polar surface area (TPSA) is 41.1 Å². The summed E-state index contributed by atoms with van der Waals surface area (Å²) in [6.45, 7) is 0. The normalized spacial score (nSPS) is 10.2. The van der Waals surface area contributed by atoms with Crippen molar-refractivity contribution in [1.29, 1.82) is 5.26 Å². The molecule has 0 N–H and O–H groups in total. The maximum atomic E-state index is 8.87. The first-order valence-corrected chi connectivity index (χ1v) is 5.32. The molecule has 2 heterocycles. The third kappa shape index (κ3) is 1.34. The maximum Gasteiger partial charge on any atom is 0.151 e. The molecular weight excluding hydrogens is 345 g/mol. The predicted octanol–water partition coefficient (Wildman–Crippen LogP) is 2.57. The second kappa shape index (κ2) is 3.27. The second-order valence-corrected chi connectivity index (χ2v) is 4.37. The van der Waals surface area contributed by atoms with Crippen LogP contribution in [0.3, 0.4) is 0 Å². The van der Waals surface area contributed by atoms with Crippen LogP contribution in [0, 0.1) is 14.9 Å². The average molecular weight is 348 g/mol. The Balaban J connectivity index is 2.95. The minimum atomic E-state index is 0.638. The van der Waals surface area contributed by atoms with Crippen LogP contribution in [0.4, 0.5) is 0 Å². The minimum Gasteiger partial charge on any atom is -0.305 e. The zero-order chi connectivity index (χ0) is 9.42. The number of fused-ring (bicyclic) bond motifs is 1. The number of nitrogens with zero attached hydrogens (tertiary/aromatic N) is 3. The highest BCUT2D eigenvalue weighted by molar-refractivity contribution is 14.1. The van der Waals surface area contributed by atoms with Gasteiger partial charge in [0.05, 0.1) is 13.6 Å². The van der Waals surface area contributed by atoms with Crippen molar-refractivity contribution in [2.75, 3.05) is 0 Å². The molecule has 0 amide bonds. The molecule has 0 radical (unpaired) electrons. The molecular formula is C8H3BrIN3. The van der Waals surface area contributed by atoms with Crippen LogP contribution in [-0.2, 0) is 0 Å². The molecule has 2 aromatic rings. The van der Waals surface area contributed by atoms with Gasteiger partial charge in [0.2, 0.25) is 0 Å². The number of nitriles is 1. The number of rotatable bonds is 0. The molecule has 0 aromatic carbocycles. The zero-order valence-electron chi connectivity index (χ0n) is 6.33. The molecule has 2 aromatic heterocycles. The van der Waals surface area contributed by atoms with Crippen molar-refractivity contribution in [2.45, 2.75) is 0 Å². The van der Waals surface area contributed by atoms with Gasteiger partial charge >= 0.3 is 0 Å². The lowest BCUT2D eigenvalue weighted by molar-refractivity contribution is 1.16. The van der Waals surface area contributed by atoms with Crippen molar-refractivity contribution < 1.29 is 0 Å². The van der Waals surface area contributed by atoms with Gasteiger partial charge < -0.3 is 4.40 Å². The lowest BCUT2D eigenvalue weighted by atomic mass is 10.3. The van der Waals surface area contributed by atoms with Crippen LogP contribution in [0.25, 0.3) is 5.65 Å². The third-order valence-corrected chi connectivity index (χ3v) is 3.31. The highest BCUT2D eigenvalue weighted by Gasteiger charge is 2.09. The molecule has 2 rings (SSSR count). The summed E-state index contributed by atoms with van der Waals surface area (Å²) in [6, 6.07) is 2.14. The Bertz CT molecular complexity index is 512. The maximum absolute atomic E-state index is 8.87. The number of hydrogen-bond donors (Lipinski definition) is 0. The van der Waals surface area contributed by atoms with E-state index < -0.39 is 0 Å². The Morgan fingerprint density at radius 2 is 2.38 bits per heavy atom. The van der Waals surface area contributed by atoms with Gasteiger partial charge in [-0.3, -0.25) is 0 Å². The first-order chi connectivity index (χ1) is 6.24. The first-order valence-electron chi connectivity index (χ1n) is 3.45. The van der Waals surface area contributed by atoms with Gasteiger partial charge in [-0.25, -0.2) is 4.98 Å². The van der Waals surface area contributed by atoms with E-state index in [9.17, 15) is 0 Å². The van der Waals surface area contributed by atoms with E-state index in [2.05, 4.69) is 49.6 Å². The van der Waals surface area contributed by atoms with Crippen LogP contribution in [-0.4, -0.2) is 9.38 Å². The van der Waals surface area contributed by atoms with Gasteiger partial charge in [0, 0.05) is 18.6 Å². The molecule has 0 aliphatic carbocycles. The quantitative estimate of drug-likeness (QED) is 0.687. The Labute approximate surface area is 96.7 Å². The molecule has 0 aliphatic heterocycles. The van der Waals surface area contributed by atoms with E-state index >= 15 is 0 Å². The van der Waals surface area contributed by atoms with Crippen LogP contribution in [0.15, 0.2) is 23.1 Å². The molecule has 0 atom stereocenters. The van der Waals surface area contributed by atoms with Crippen LogP contribution in [0.2, 0.25) is 0 Å². The van der Waals surface area contributed by atoms with Crippen molar-refractivity contribution in [1.82, 2.24) is 9.38 Å². The molecule has 0 spiro atoms. The number of pyridine rings is 1. The highest BCUT2D eigenvalue weighted by Crippen LogP contribution is 2.24. The van der Waals surface area contributed by atoms with Crippen LogP contribution < -0.4 is 0 Å². The molecule has 0 unspecified atom stereocenters. The molecule has 13 heavy (non-hydrogen) atoms. The Kier molecular flexibility index (Phi) is 2.26. The smallest absolute Gasteiger partial charge is 0.151 e. The fourth-order valence-corrected chi connectivity index (χ4v) is 2.80. The lowest BCUT2D eigenvalue weighted by Crippen LogP contribution is -1.92.